The molecule has 0 unspecified atom stereocenters. The molecule has 0 bridgehead atoms. The third-order valence-electron chi connectivity index (χ3n) is 4.63. The van der Waals surface area contributed by atoms with Crippen molar-refractivity contribution in [2.75, 3.05) is 18.0 Å². The molecule has 1 fully saturated rings. The Morgan fingerprint density at radius 3 is 2.65 bits per heavy atom. The molecule has 0 spiro atoms. The van der Waals surface area contributed by atoms with Crippen molar-refractivity contribution < 1.29 is 4.52 Å². The summed E-state index contributed by atoms with van der Waals surface area (Å²) in [7, 11) is 0. The summed E-state index contributed by atoms with van der Waals surface area (Å²) in [5.74, 6) is 2.91. The van der Waals surface area contributed by atoms with Gasteiger partial charge >= 0.3 is 0 Å². The van der Waals surface area contributed by atoms with E-state index in [1.165, 1.54) is 15.8 Å². The minimum Gasteiger partial charge on any atom is -0.356 e. The van der Waals surface area contributed by atoms with Gasteiger partial charge in [0, 0.05) is 23.9 Å². The Morgan fingerprint density at radius 1 is 1.17 bits per heavy atom. The summed E-state index contributed by atoms with van der Waals surface area (Å²) in [6, 6.07) is 0. The van der Waals surface area contributed by atoms with Crippen molar-refractivity contribution in [2.45, 2.75) is 39.5 Å². The molecule has 0 amide bonds. The summed E-state index contributed by atoms with van der Waals surface area (Å²) in [5, 5.41) is 5.12. The Bertz CT molecular complexity index is 847. The highest BCUT2D eigenvalue weighted by Gasteiger charge is 2.27. The summed E-state index contributed by atoms with van der Waals surface area (Å²) in [5.41, 5.74) is 1.30. The van der Waals surface area contributed by atoms with E-state index >= 15 is 0 Å². The van der Waals surface area contributed by atoms with Crippen LogP contribution in [-0.2, 0) is 0 Å². The van der Waals surface area contributed by atoms with Gasteiger partial charge in [-0.25, -0.2) is 9.97 Å². The third-order valence-corrected chi connectivity index (χ3v) is 5.75. The van der Waals surface area contributed by atoms with Crippen molar-refractivity contribution in [1.29, 1.82) is 0 Å². The Morgan fingerprint density at radius 2 is 1.96 bits per heavy atom. The Balaban J connectivity index is 1.59. The fourth-order valence-corrected chi connectivity index (χ4v) is 4.21. The number of nitrogens with zero attached hydrogens (tertiary/aromatic N) is 5. The first-order chi connectivity index (χ1) is 11.1. The van der Waals surface area contributed by atoms with Gasteiger partial charge in [-0.3, -0.25) is 0 Å². The smallest absolute Gasteiger partial charge is 0.229 e. The highest BCUT2D eigenvalue weighted by Crippen LogP contribution is 2.36. The van der Waals surface area contributed by atoms with E-state index in [1.807, 2.05) is 6.92 Å². The summed E-state index contributed by atoms with van der Waals surface area (Å²) < 4.78 is 5.33. The first kappa shape index (κ1) is 14.6. The van der Waals surface area contributed by atoms with E-state index in [-0.39, 0.29) is 0 Å². The zero-order chi connectivity index (χ0) is 16.0. The minimum absolute atomic E-state index is 0.357. The maximum atomic E-state index is 5.33. The quantitative estimate of drug-likeness (QED) is 0.718. The molecule has 0 aliphatic carbocycles. The zero-order valence-electron chi connectivity index (χ0n) is 13.5. The monoisotopic (exact) mass is 329 g/mol. The van der Waals surface area contributed by atoms with Crippen LogP contribution in [0.25, 0.3) is 10.2 Å². The normalized spacial score (nSPS) is 16.4. The van der Waals surface area contributed by atoms with Crippen molar-refractivity contribution in [2.24, 2.45) is 0 Å². The van der Waals surface area contributed by atoms with E-state index in [0.717, 1.165) is 42.5 Å². The molecule has 1 aliphatic heterocycles. The van der Waals surface area contributed by atoms with Crippen LogP contribution in [0.15, 0.2) is 10.9 Å². The molecular weight excluding hydrogens is 310 g/mol. The van der Waals surface area contributed by atoms with Gasteiger partial charge in [-0.15, -0.1) is 11.3 Å². The van der Waals surface area contributed by atoms with Gasteiger partial charge in [0.1, 0.15) is 17.0 Å². The summed E-state index contributed by atoms with van der Waals surface area (Å²) in [6.07, 6.45) is 3.70. The maximum absolute atomic E-state index is 5.33. The molecule has 4 heterocycles. The molecule has 7 heteroatoms. The van der Waals surface area contributed by atoms with Crippen LogP contribution in [0.4, 0.5) is 5.82 Å². The van der Waals surface area contributed by atoms with Gasteiger partial charge in [-0.1, -0.05) is 5.16 Å². The average molecular weight is 329 g/mol. The molecule has 3 aromatic rings. The van der Waals surface area contributed by atoms with Gasteiger partial charge in [0.15, 0.2) is 5.82 Å². The highest BCUT2D eigenvalue weighted by atomic mass is 32.1. The van der Waals surface area contributed by atoms with Crippen molar-refractivity contribution in [3.63, 3.8) is 0 Å². The zero-order valence-corrected chi connectivity index (χ0v) is 14.4. The first-order valence-corrected chi connectivity index (χ1v) is 8.71. The number of aromatic nitrogens is 4. The van der Waals surface area contributed by atoms with Gasteiger partial charge in [0.25, 0.3) is 0 Å². The van der Waals surface area contributed by atoms with Crippen LogP contribution in [0.5, 0.6) is 0 Å². The first-order valence-electron chi connectivity index (χ1n) is 7.89. The van der Waals surface area contributed by atoms with Crippen molar-refractivity contribution >= 4 is 27.4 Å². The van der Waals surface area contributed by atoms with E-state index in [1.54, 1.807) is 17.7 Å². The largest absolute Gasteiger partial charge is 0.356 e. The molecule has 1 saturated heterocycles. The van der Waals surface area contributed by atoms with Gasteiger partial charge in [0.05, 0.1) is 5.39 Å². The maximum Gasteiger partial charge on any atom is 0.229 e. The molecule has 4 rings (SSSR count). The fraction of sp³-hybridized carbons (Fsp3) is 0.500. The lowest BCUT2D eigenvalue weighted by Crippen LogP contribution is -2.33. The Kier molecular flexibility index (Phi) is 3.52. The van der Waals surface area contributed by atoms with Crippen LogP contribution in [0.3, 0.4) is 0 Å². The molecule has 0 aromatic carbocycles. The standard InChI is InChI=1S/C16H19N5OS/c1-9-10(2)23-16-13(9)14(17-8-18-16)21-6-4-12(5-7-21)15-19-11(3)20-22-15/h8,12H,4-7H2,1-3H3. The van der Waals surface area contributed by atoms with Gasteiger partial charge in [-0.05, 0) is 39.2 Å². The highest BCUT2D eigenvalue weighted by molar-refractivity contribution is 7.18. The van der Waals surface area contributed by atoms with Gasteiger partial charge in [-0.2, -0.15) is 4.98 Å². The average Bonchev–Trinajstić information content (AvgIpc) is 3.12. The molecule has 0 saturated carbocycles. The van der Waals surface area contributed by atoms with Crippen LogP contribution >= 0.6 is 11.3 Å². The summed E-state index contributed by atoms with van der Waals surface area (Å²) in [4.78, 5) is 18.2. The van der Waals surface area contributed by atoms with Crippen molar-refractivity contribution in [3.8, 4) is 0 Å². The Hall–Kier alpha value is -2.02. The van der Waals surface area contributed by atoms with E-state index in [2.05, 4.69) is 38.9 Å². The number of aryl methyl sites for hydroxylation is 3. The van der Waals surface area contributed by atoms with Crippen LogP contribution in [0.2, 0.25) is 0 Å². The second-order valence-electron chi connectivity index (χ2n) is 6.10. The molecule has 23 heavy (non-hydrogen) atoms. The molecule has 3 aromatic heterocycles. The van der Waals surface area contributed by atoms with E-state index in [0.29, 0.717) is 11.7 Å². The van der Waals surface area contributed by atoms with Crippen molar-refractivity contribution in [3.05, 3.63) is 28.5 Å². The number of piperidine rings is 1. The molecular formula is C16H19N5OS. The second-order valence-corrected chi connectivity index (χ2v) is 7.31. The topological polar surface area (TPSA) is 67.9 Å². The van der Waals surface area contributed by atoms with Crippen LogP contribution < -0.4 is 4.90 Å². The van der Waals surface area contributed by atoms with E-state index in [9.17, 15) is 0 Å². The van der Waals surface area contributed by atoms with Crippen LogP contribution in [0.1, 0.15) is 40.9 Å². The molecule has 6 nitrogen and oxygen atoms in total. The van der Waals surface area contributed by atoms with Crippen LogP contribution in [-0.4, -0.2) is 33.2 Å². The molecule has 120 valence electrons. The number of hydrogen-bond acceptors (Lipinski definition) is 7. The second kappa shape index (κ2) is 5.56. The number of fused-ring (bicyclic) bond motifs is 1. The number of thiophene rings is 1. The number of anilines is 1. The lowest BCUT2D eigenvalue weighted by Gasteiger charge is -2.31. The minimum atomic E-state index is 0.357. The van der Waals surface area contributed by atoms with Crippen LogP contribution in [0, 0.1) is 20.8 Å². The number of rotatable bonds is 2. The SMILES string of the molecule is Cc1noc(C2CCN(c3ncnc4sc(C)c(C)c34)CC2)n1. The summed E-state index contributed by atoms with van der Waals surface area (Å²) in [6.45, 7) is 8.07. The predicted molar refractivity (Wildman–Crippen MR) is 90.1 cm³/mol. The van der Waals surface area contributed by atoms with E-state index < -0.39 is 0 Å². The van der Waals surface area contributed by atoms with Gasteiger partial charge in [0.2, 0.25) is 5.89 Å². The van der Waals surface area contributed by atoms with Crippen molar-refractivity contribution in [1.82, 2.24) is 20.1 Å². The van der Waals surface area contributed by atoms with E-state index in [4.69, 9.17) is 4.52 Å². The predicted octanol–water partition coefficient (Wildman–Crippen LogP) is 3.38. The third kappa shape index (κ3) is 2.49. The lowest BCUT2D eigenvalue weighted by molar-refractivity contribution is 0.327. The molecule has 1 aliphatic rings. The Labute approximate surface area is 138 Å². The molecule has 0 N–H and O–H groups in total. The molecule has 0 radical (unpaired) electrons. The molecule has 0 atom stereocenters. The summed E-state index contributed by atoms with van der Waals surface area (Å²) >= 11 is 1.75. The number of hydrogen-bond donors (Lipinski definition) is 0. The fourth-order valence-electron chi connectivity index (χ4n) is 3.22. The lowest BCUT2D eigenvalue weighted by atomic mass is 9.96. The van der Waals surface area contributed by atoms with Gasteiger partial charge < -0.3 is 9.42 Å².